The highest BCUT2D eigenvalue weighted by atomic mass is 16.5. The lowest BCUT2D eigenvalue weighted by Gasteiger charge is -2.42. The van der Waals surface area contributed by atoms with Crippen LogP contribution in [-0.4, -0.2) is 86.1 Å². The number of aromatic nitrogens is 3. The zero-order valence-electron chi connectivity index (χ0n) is 26.6. The van der Waals surface area contributed by atoms with Crippen molar-refractivity contribution in [2.75, 3.05) is 45.5 Å². The summed E-state index contributed by atoms with van der Waals surface area (Å²) in [7, 11) is 2.10. The molecule has 1 unspecified atom stereocenters. The number of benzene rings is 2. The Bertz CT molecular complexity index is 1840. The van der Waals surface area contributed by atoms with Crippen LogP contribution < -0.4 is 16.2 Å². The molecule has 2 aromatic heterocycles. The van der Waals surface area contributed by atoms with Crippen molar-refractivity contribution in [2.24, 2.45) is 0 Å². The normalized spacial score (nSPS) is 18.2. The topological polar surface area (TPSA) is 126 Å². The minimum Gasteiger partial charge on any atom is -0.457 e. The van der Waals surface area contributed by atoms with Gasteiger partial charge < -0.3 is 20.3 Å². The lowest BCUT2D eigenvalue weighted by atomic mass is 9.97. The molecule has 2 aliphatic rings. The molecule has 11 nitrogen and oxygen atoms in total. The Hall–Kier alpha value is -4.92. The average molecular weight is 621 g/mol. The number of imidazole rings is 1. The van der Waals surface area contributed by atoms with E-state index in [4.69, 9.17) is 10.5 Å². The Morgan fingerprint density at radius 2 is 1.74 bits per heavy atom. The summed E-state index contributed by atoms with van der Waals surface area (Å²) in [6, 6.07) is 20.4. The number of fused-ring (bicyclic) bond motifs is 1. The van der Waals surface area contributed by atoms with Gasteiger partial charge in [0.05, 0.1) is 17.2 Å². The molecule has 238 valence electrons. The van der Waals surface area contributed by atoms with E-state index in [2.05, 4.69) is 41.7 Å². The van der Waals surface area contributed by atoms with Crippen molar-refractivity contribution in [3.05, 3.63) is 89.0 Å². The maximum Gasteiger partial charge on any atom is 0.333 e. The van der Waals surface area contributed by atoms with Crippen LogP contribution in [0.4, 0.5) is 5.82 Å². The van der Waals surface area contributed by atoms with Crippen LogP contribution in [0, 0.1) is 11.3 Å². The van der Waals surface area contributed by atoms with Gasteiger partial charge in [-0.25, -0.2) is 9.78 Å². The monoisotopic (exact) mass is 620 g/mol. The van der Waals surface area contributed by atoms with Crippen LogP contribution in [0.25, 0.3) is 16.7 Å². The van der Waals surface area contributed by atoms with Gasteiger partial charge in [0.15, 0.2) is 0 Å². The number of rotatable bonds is 8. The molecule has 4 aromatic rings. The molecule has 1 atom stereocenters. The maximum atomic E-state index is 14.1. The largest absolute Gasteiger partial charge is 0.457 e. The molecule has 2 saturated heterocycles. The van der Waals surface area contributed by atoms with Crippen LogP contribution in [0.2, 0.25) is 0 Å². The maximum absolute atomic E-state index is 14.1. The van der Waals surface area contributed by atoms with Gasteiger partial charge in [-0.15, -0.1) is 0 Å². The number of carbonyl (C=O) groups is 1. The Morgan fingerprint density at radius 3 is 2.43 bits per heavy atom. The number of nitrogens with zero attached hydrogens (tertiary/aromatic N) is 7. The van der Waals surface area contributed by atoms with E-state index in [0.29, 0.717) is 34.8 Å². The minimum absolute atomic E-state index is 0.136. The molecule has 2 aliphatic heterocycles. The molecule has 0 spiro atoms. The Morgan fingerprint density at radius 1 is 1.04 bits per heavy atom. The summed E-state index contributed by atoms with van der Waals surface area (Å²) in [6.07, 6.45) is 4.91. The van der Waals surface area contributed by atoms with Crippen molar-refractivity contribution in [1.82, 2.24) is 28.8 Å². The van der Waals surface area contributed by atoms with Crippen molar-refractivity contribution in [2.45, 2.75) is 44.8 Å². The van der Waals surface area contributed by atoms with E-state index in [1.54, 1.807) is 38.4 Å². The highest BCUT2D eigenvalue weighted by Crippen LogP contribution is 2.28. The van der Waals surface area contributed by atoms with Gasteiger partial charge in [-0.3, -0.25) is 18.8 Å². The SMILES string of the molecule is CN1CCN(C(C)(C)C=C(C#N)C(=O)N2CCCC2Cn2c(=O)n(-c3ccc(Oc4ccccc4)cc3)c3c(N)nccc32)CC1. The molecule has 1 amide bonds. The second-order valence-corrected chi connectivity index (χ2v) is 12.6. The molecule has 2 N–H and O–H groups in total. The molecule has 11 heteroatoms. The summed E-state index contributed by atoms with van der Waals surface area (Å²) in [5.74, 6) is 1.29. The second kappa shape index (κ2) is 12.8. The predicted molar refractivity (Wildman–Crippen MR) is 178 cm³/mol. The first-order chi connectivity index (χ1) is 22.2. The number of nitrogens with two attached hydrogens (primary N) is 1. The number of anilines is 1. The van der Waals surface area contributed by atoms with E-state index in [1.807, 2.05) is 48.5 Å². The van der Waals surface area contributed by atoms with Crippen LogP contribution in [0.3, 0.4) is 0 Å². The number of para-hydroxylation sites is 1. The number of likely N-dealkylation sites (N-methyl/N-ethyl adjacent to an activating group) is 1. The van der Waals surface area contributed by atoms with Crippen LogP contribution in [-0.2, 0) is 11.3 Å². The van der Waals surface area contributed by atoms with E-state index in [-0.39, 0.29) is 35.6 Å². The summed E-state index contributed by atoms with van der Waals surface area (Å²) >= 11 is 0. The van der Waals surface area contributed by atoms with E-state index in [0.717, 1.165) is 39.0 Å². The molecule has 0 radical (unpaired) electrons. The molecule has 46 heavy (non-hydrogen) atoms. The molecule has 2 aromatic carbocycles. The number of hydrogen-bond donors (Lipinski definition) is 1. The average Bonchev–Trinajstić information content (AvgIpc) is 3.63. The third-order valence-corrected chi connectivity index (χ3v) is 9.14. The second-order valence-electron chi connectivity index (χ2n) is 12.6. The van der Waals surface area contributed by atoms with E-state index in [1.165, 1.54) is 0 Å². The van der Waals surface area contributed by atoms with Crippen LogP contribution in [0.1, 0.15) is 26.7 Å². The van der Waals surface area contributed by atoms with Crippen LogP contribution in [0.5, 0.6) is 11.5 Å². The predicted octanol–water partition coefficient (Wildman–Crippen LogP) is 4.03. The molecule has 2 fully saturated rings. The summed E-state index contributed by atoms with van der Waals surface area (Å²) in [6.45, 7) is 8.52. The lowest BCUT2D eigenvalue weighted by Crippen LogP contribution is -2.53. The third kappa shape index (κ3) is 6.14. The summed E-state index contributed by atoms with van der Waals surface area (Å²) in [5.41, 5.74) is 7.52. The highest BCUT2D eigenvalue weighted by Gasteiger charge is 2.35. The Kier molecular flexibility index (Phi) is 8.67. The van der Waals surface area contributed by atoms with Gasteiger partial charge in [0, 0.05) is 51.0 Å². The van der Waals surface area contributed by atoms with Crippen molar-refractivity contribution >= 4 is 22.8 Å². The number of pyridine rings is 1. The van der Waals surface area contributed by atoms with Gasteiger partial charge in [-0.1, -0.05) is 18.2 Å². The van der Waals surface area contributed by atoms with Gasteiger partial charge >= 0.3 is 5.69 Å². The molecule has 0 saturated carbocycles. The number of likely N-dealkylation sites (tertiary alicyclic amines) is 1. The zero-order valence-corrected chi connectivity index (χ0v) is 26.6. The highest BCUT2D eigenvalue weighted by molar-refractivity contribution is 5.98. The van der Waals surface area contributed by atoms with Crippen molar-refractivity contribution in [1.29, 1.82) is 5.26 Å². The summed E-state index contributed by atoms with van der Waals surface area (Å²) < 4.78 is 9.17. The lowest BCUT2D eigenvalue weighted by molar-refractivity contribution is -0.127. The zero-order chi connectivity index (χ0) is 32.4. The van der Waals surface area contributed by atoms with Crippen LogP contribution >= 0.6 is 0 Å². The molecular weight excluding hydrogens is 580 g/mol. The number of piperazine rings is 1. The summed E-state index contributed by atoms with van der Waals surface area (Å²) in [5, 5.41) is 10.1. The minimum atomic E-state index is -0.451. The van der Waals surface area contributed by atoms with Gasteiger partial charge in [0.2, 0.25) is 0 Å². The fourth-order valence-corrected chi connectivity index (χ4v) is 6.56. The third-order valence-electron chi connectivity index (χ3n) is 9.14. The molecule has 4 heterocycles. The Balaban J connectivity index is 1.28. The smallest absolute Gasteiger partial charge is 0.333 e. The number of nitrogen functional groups attached to an aromatic ring is 1. The Labute approximate surface area is 268 Å². The standard InChI is InChI=1S/C35H40N8O3/c1-35(2,40-20-18-39(3)19-21-40)22-25(23-36)33(44)41-17-7-8-27(41)24-42-30-15-16-38-32(37)31(30)43(34(42)45)26-11-13-29(14-12-26)46-28-9-5-4-6-10-28/h4-6,9-16,22,27H,7-8,17-21,24H2,1-3H3,(H2,37,38). The molecular formula is C35H40N8O3. The van der Waals surface area contributed by atoms with Gasteiger partial charge in [0.25, 0.3) is 5.91 Å². The fraction of sp³-hybridized carbons (Fsp3) is 0.371. The first-order valence-corrected chi connectivity index (χ1v) is 15.7. The van der Waals surface area contributed by atoms with Crippen molar-refractivity contribution < 1.29 is 9.53 Å². The molecule has 0 bridgehead atoms. The molecule has 0 aliphatic carbocycles. The first kappa shape index (κ1) is 31.1. The number of amides is 1. The number of nitriles is 1. The number of carbonyl (C=O) groups excluding carboxylic acids is 1. The van der Waals surface area contributed by atoms with Crippen molar-refractivity contribution in [3.8, 4) is 23.3 Å². The summed E-state index contributed by atoms with van der Waals surface area (Å²) in [4.78, 5) is 38.6. The molecule has 6 rings (SSSR count). The van der Waals surface area contributed by atoms with E-state index < -0.39 is 5.54 Å². The number of ether oxygens (including phenoxy) is 1. The van der Waals surface area contributed by atoms with Gasteiger partial charge in [0.1, 0.15) is 34.5 Å². The van der Waals surface area contributed by atoms with Crippen LogP contribution in [0.15, 0.2) is 83.3 Å². The number of hydrogen-bond acceptors (Lipinski definition) is 8. The van der Waals surface area contributed by atoms with E-state index >= 15 is 0 Å². The quantitative estimate of drug-likeness (QED) is 0.231. The van der Waals surface area contributed by atoms with Crippen molar-refractivity contribution in [3.63, 3.8) is 0 Å². The van der Waals surface area contributed by atoms with Gasteiger partial charge in [-0.05, 0) is 82.3 Å². The van der Waals surface area contributed by atoms with Gasteiger partial charge in [-0.2, -0.15) is 5.26 Å². The first-order valence-electron chi connectivity index (χ1n) is 15.7. The van der Waals surface area contributed by atoms with E-state index in [9.17, 15) is 14.9 Å². The fourth-order valence-electron chi connectivity index (χ4n) is 6.56.